The summed E-state index contributed by atoms with van der Waals surface area (Å²) < 4.78 is 38.5. The molecule has 0 heterocycles. The third-order valence-electron chi connectivity index (χ3n) is 2.65. The molecule has 0 aliphatic carbocycles. The van der Waals surface area contributed by atoms with Crippen LogP contribution in [0, 0.1) is 23.4 Å². The van der Waals surface area contributed by atoms with E-state index in [1.807, 2.05) is 13.8 Å². The fraction of sp³-hybridized carbons (Fsp3) is 0.455. The summed E-state index contributed by atoms with van der Waals surface area (Å²) in [6.45, 7) is 3.81. The number of hydrogen-bond acceptors (Lipinski definition) is 1. The normalized spacial score (nSPS) is 15.1. The number of benzene rings is 1. The quantitative estimate of drug-likeness (QED) is 0.773. The Hall–Kier alpha value is -1.03. The minimum Gasteiger partial charge on any atom is -0.324 e. The van der Waals surface area contributed by atoms with E-state index in [0.717, 1.165) is 18.6 Å². The topological polar surface area (TPSA) is 26.0 Å². The summed E-state index contributed by atoms with van der Waals surface area (Å²) in [5.74, 6) is -3.74. The van der Waals surface area contributed by atoms with Crippen molar-refractivity contribution < 1.29 is 13.2 Å². The zero-order valence-corrected chi connectivity index (χ0v) is 8.73. The van der Waals surface area contributed by atoms with Crippen LogP contribution in [0.5, 0.6) is 0 Å². The molecule has 0 aliphatic rings. The Morgan fingerprint density at radius 2 is 1.67 bits per heavy atom. The van der Waals surface area contributed by atoms with E-state index >= 15 is 0 Å². The van der Waals surface area contributed by atoms with Gasteiger partial charge in [-0.25, -0.2) is 13.2 Å². The molecule has 0 spiro atoms. The van der Waals surface area contributed by atoms with Crippen molar-refractivity contribution in [1.29, 1.82) is 0 Å². The lowest BCUT2D eigenvalue weighted by atomic mass is 9.93. The standard InChI is InChI=1S/C11H14F3N/c1-3-6(2)11(15)7-4-8(12)10(14)9(13)5-7/h4-6,11H,3,15H2,1-2H3/t6?,11-/m1/s1. The molecule has 0 saturated heterocycles. The smallest absolute Gasteiger partial charge is 0.194 e. The molecule has 0 radical (unpaired) electrons. The average Bonchev–Trinajstić information content (AvgIpc) is 2.23. The summed E-state index contributed by atoms with van der Waals surface area (Å²) in [6.07, 6.45) is 0.793. The minimum atomic E-state index is -1.45. The Bertz CT molecular complexity index is 329. The zero-order chi connectivity index (χ0) is 11.6. The Kier molecular flexibility index (Phi) is 3.74. The van der Waals surface area contributed by atoms with E-state index in [1.165, 1.54) is 0 Å². The number of nitrogens with two attached hydrogens (primary N) is 1. The Balaban J connectivity index is 3.06. The van der Waals surface area contributed by atoms with Crippen molar-refractivity contribution in [1.82, 2.24) is 0 Å². The highest BCUT2D eigenvalue weighted by molar-refractivity contribution is 5.22. The highest BCUT2D eigenvalue weighted by Crippen LogP contribution is 2.24. The first-order chi connectivity index (χ1) is 6.97. The van der Waals surface area contributed by atoms with Gasteiger partial charge in [0.1, 0.15) is 0 Å². The van der Waals surface area contributed by atoms with Gasteiger partial charge in [0.2, 0.25) is 0 Å². The molecule has 1 rings (SSSR count). The molecule has 4 heteroatoms. The Morgan fingerprint density at radius 3 is 2.07 bits per heavy atom. The van der Waals surface area contributed by atoms with Crippen molar-refractivity contribution >= 4 is 0 Å². The van der Waals surface area contributed by atoms with E-state index < -0.39 is 23.5 Å². The summed E-state index contributed by atoms with van der Waals surface area (Å²) in [5.41, 5.74) is 6.07. The van der Waals surface area contributed by atoms with Crippen LogP contribution in [-0.2, 0) is 0 Å². The van der Waals surface area contributed by atoms with Crippen LogP contribution in [0.15, 0.2) is 12.1 Å². The van der Waals surface area contributed by atoms with Crippen molar-refractivity contribution in [2.24, 2.45) is 11.7 Å². The summed E-state index contributed by atoms with van der Waals surface area (Å²) in [7, 11) is 0. The van der Waals surface area contributed by atoms with Gasteiger partial charge in [0.15, 0.2) is 17.5 Å². The van der Waals surface area contributed by atoms with Crippen LogP contribution in [0.1, 0.15) is 31.9 Å². The molecular formula is C11H14F3N. The molecule has 2 N–H and O–H groups in total. The van der Waals surface area contributed by atoms with Gasteiger partial charge in [-0.1, -0.05) is 20.3 Å². The van der Waals surface area contributed by atoms with E-state index in [-0.39, 0.29) is 5.92 Å². The molecule has 0 bridgehead atoms. The van der Waals surface area contributed by atoms with Crippen molar-refractivity contribution in [3.05, 3.63) is 35.1 Å². The minimum absolute atomic E-state index is 0.0919. The molecule has 1 aromatic carbocycles. The molecule has 0 saturated carbocycles. The van der Waals surface area contributed by atoms with Crippen molar-refractivity contribution in [2.75, 3.05) is 0 Å². The van der Waals surface area contributed by atoms with Crippen molar-refractivity contribution in [3.8, 4) is 0 Å². The Labute approximate surface area is 87.1 Å². The van der Waals surface area contributed by atoms with E-state index in [1.54, 1.807) is 0 Å². The van der Waals surface area contributed by atoms with E-state index in [0.29, 0.717) is 5.56 Å². The molecule has 2 atom stereocenters. The average molecular weight is 217 g/mol. The second-order valence-corrected chi connectivity index (χ2v) is 3.71. The van der Waals surface area contributed by atoms with Crippen LogP contribution in [0.2, 0.25) is 0 Å². The number of hydrogen-bond donors (Lipinski definition) is 1. The maximum atomic E-state index is 12.9. The molecule has 0 amide bonds. The molecule has 0 aliphatic heterocycles. The summed E-state index contributed by atoms with van der Waals surface area (Å²) in [4.78, 5) is 0. The lowest BCUT2D eigenvalue weighted by Crippen LogP contribution is -2.19. The number of rotatable bonds is 3. The van der Waals surface area contributed by atoms with Gasteiger partial charge in [-0.05, 0) is 23.6 Å². The largest absolute Gasteiger partial charge is 0.324 e. The van der Waals surface area contributed by atoms with Gasteiger partial charge >= 0.3 is 0 Å². The number of halogens is 3. The van der Waals surface area contributed by atoms with Crippen LogP contribution < -0.4 is 5.73 Å². The van der Waals surface area contributed by atoms with Crippen LogP contribution in [0.25, 0.3) is 0 Å². The van der Waals surface area contributed by atoms with Gasteiger partial charge < -0.3 is 5.73 Å². The lowest BCUT2D eigenvalue weighted by Gasteiger charge is -2.18. The third-order valence-corrected chi connectivity index (χ3v) is 2.65. The molecule has 1 nitrogen and oxygen atoms in total. The highest BCUT2D eigenvalue weighted by Gasteiger charge is 2.18. The first-order valence-electron chi connectivity index (χ1n) is 4.87. The molecule has 15 heavy (non-hydrogen) atoms. The lowest BCUT2D eigenvalue weighted by molar-refractivity contribution is 0.426. The maximum Gasteiger partial charge on any atom is 0.194 e. The molecular weight excluding hydrogens is 203 g/mol. The molecule has 1 unspecified atom stereocenters. The van der Waals surface area contributed by atoms with Gasteiger partial charge in [0, 0.05) is 6.04 Å². The van der Waals surface area contributed by atoms with Gasteiger partial charge in [-0.2, -0.15) is 0 Å². The van der Waals surface area contributed by atoms with Crippen LogP contribution in [0.3, 0.4) is 0 Å². The zero-order valence-electron chi connectivity index (χ0n) is 8.73. The highest BCUT2D eigenvalue weighted by atomic mass is 19.2. The van der Waals surface area contributed by atoms with Crippen LogP contribution in [0.4, 0.5) is 13.2 Å². The molecule has 1 aromatic rings. The van der Waals surface area contributed by atoms with E-state index in [4.69, 9.17) is 5.73 Å². The van der Waals surface area contributed by atoms with Crippen molar-refractivity contribution in [3.63, 3.8) is 0 Å². The molecule has 0 aromatic heterocycles. The van der Waals surface area contributed by atoms with E-state index in [9.17, 15) is 13.2 Å². The first-order valence-corrected chi connectivity index (χ1v) is 4.87. The SMILES string of the molecule is CCC(C)[C@@H](N)c1cc(F)c(F)c(F)c1. The van der Waals surface area contributed by atoms with Gasteiger partial charge in [-0.15, -0.1) is 0 Å². The van der Waals surface area contributed by atoms with Gasteiger partial charge in [0.05, 0.1) is 0 Å². The predicted molar refractivity (Wildman–Crippen MR) is 52.7 cm³/mol. The fourth-order valence-corrected chi connectivity index (χ4v) is 1.35. The monoisotopic (exact) mass is 217 g/mol. The van der Waals surface area contributed by atoms with Crippen LogP contribution >= 0.6 is 0 Å². The second-order valence-electron chi connectivity index (χ2n) is 3.71. The predicted octanol–water partition coefficient (Wildman–Crippen LogP) is 3.15. The van der Waals surface area contributed by atoms with Gasteiger partial charge in [-0.3, -0.25) is 0 Å². The molecule has 0 fully saturated rings. The Morgan fingerprint density at radius 1 is 1.20 bits per heavy atom. The summed E-state index contributed by atoms with van der Waals surface area (Å²) >= 11 is 0. The van der Waals surface area contributed by atoms with Crippen molar-refractivity contribution in [2.45, 2.75) is 26.3 Å². The second kappa shape index (κ2) is 4.66. The fourth-order valence-electron chi connectivity index (χ4n) is 1.35. The summed E-state index contributed by atoms with van der Waals surface area (Å²) in [5, 5.41) is 0. The van der Waals surface area contributed by atoms with E-state index in [2.05, 4.69) is 0 Å². The maximum absolute atomic E-state index is 12.9. The van der Waals surface area contributed by atoms with Gasteiger partial charge in [0.25, 0.3) is 0 Å². The molecule has 84 valence electrons. The summed E-state index contributed by atoms with van der Waals surface area (Å²) in [6, 6.07) is 1.43. The first kappa shape index (κ1) is 12.0. The third kappa shape index (κ3) is 2.50. The van der Waals surface area contributed by atoms with Crippen LogP contribution in [-0.4, -0.2) is 0 Å².